The first-order valence-corrected chi connectivity index (χ1v) is 7.10. The Morgan fingerprint density at radius 2 is 2.05 bits per heavy atom. The first-order valence-electron chi connectivity index (χ1n) is 6.73. The maximum Gasteiger partial charge on any atom is 0.326 e. The van der Waals surface area contributed by atoms with Gasteiger partial charge in [-0.3, -0.25) is 10.1 Å². The van der Waals surface area contributed by atoms with E-state index in [4.69, 9.17) is 16.3 Å². The lowest BCUT2D eigenvalue weighted by molar-refractivity contribution is -0.150. The molecule has 0 saturated heterocycles. The van der Waals surface area contributed by atoms with Gasteiger partial charge >= 0.3 is 5.97 Å². The summed E-state index contributed by atoms with van der Waals surface area (Å²) in [6.45, 7) is 4.15. The van der Waals surface area contributed by atoms with Gasteiger partial charge < -0.3 is 4.74 Å². The highest BCUT2D eigenvalue weighted by Crippen LogP contribution is 2.26. The number of rotatable bonds is 6. The molecule has 0 amide bonds. The quantitative estimate of drug-likeness (QED) is 0.815. The normalized spacial score (nSPS) is 17.8. The van der Waals surface area contributed by atoms with E-state index in [1.807, 2.05) is 38.1 Å². The second-order valence-electron chi connectivity index (χ2n) is 5.27. The van der Waals surface area contributed by atoms with Crippen molar-refractivity contribution < 1.29 is 9.53 Å². The van der Waals surface area contributed by atoms with Gasteiger partial charge in [0.25, 0.3) is 0 Å². The largest absolute Gasteiger partial charge is 0.465 e. The summed E-state index contributed by atoms with van der Waals surface area (Å²) in [5.74, 6) is -0.183. The number of ether oxygens (including phenoxy) is 1. The second kappa shape index (κ2) is 5.93. The molecule has 1 aliphatic carbocycles. The number of hydrogen-bond acceptors (Lipinski definition) is 3. The van der Waals surface area contributed by atoms with Gasteiger partial charge in [0, 0.05) is 17.5 Å². The SMILES string of the molecule is CCOC(=O)C(C)(Cc1ccc(Cl)cc1)NC1CC1. The highest BCUT2D eigenvalue weighted by Gasteiger charge is 2.39. The van der Waals surface area contributed by atoms with E-state index < -0.39 is 5.54 Å². The molecule has 1 aliphatic rings. The van der Waals surface area contributed by atoms with E-state index in [1.54, 1.807) is 0 Å². The van der Waals surface area contributed by atoms with Crippen LogP contribution in [0.4, 0.5) is 0 Å². The van der Waals surface area contributed by atoms with Crippen LogP contribution in [0.1, 0.15) is 32.3 Å². The zero-order valence-electron chi connectivity index (χ0n) is 11.4. The van der Waals surface area contributed by atoms with E-state index >= 15 is 0 Å². The fraction of sp³-hybridized carbons (Fsp3) is 0.533. The summed E-state index contributed by atoms with van der Waals surface area (Å²) in [6, 6.07) is 8.05. The average molecular weight is 282 g/mol. The second-order valence-corrected chi connectivity index (χ2v) is 5.71. The Morgan fingerprint density at radius 1 is 1.42 bits per heavy atom. The molecule has 1 atom stereocenters. The van der Waals surface area contributed by atoms with Gasteiger partial charge in [-0.25, -0.2) is 0 Å². The van der Waals surface area contributed by atoms with Crippen molar-refractivity contribution in [3.8, 4) is 0 Å². The van der Waals surface area contributed by atoms with E-state index in [-0.39, 0.29) is 5.97 Å². The smallest absolute Gasteiger partial charge is 0.326 e. The van der Waals surface area contributed by atoms with E-state index in [1.165, 1.54) is 0 Å². The molecule has 0 bridgehead atoms. The van der Waals surface area contributed by atoms with Crippen LogP contribution >= 0.6 is 11.6 Å². The van der Waals surface area contributed by atoms with E-state index in [0.29, 0.717) is 24.1 Å². The standard InChI is InChI=1S/C15H20ClNO2/c1-3-19-14(18)15(2,17-13-8-9-13)10-11-4-6-12(16)7-5-11/h4-7,13,17H,3,8-10H2,1-2H3. The van der Waals surface area contributed by atoms with Crippen molar-refractivity contribution in [1.29, 1.82) is 0 Å². The van der Waals surface area contributed by atoms with Crippen molar-refractivity contribution >= 4 is 17.6 Å². The molecule has 0 aliphatic heterocycles. The fourth-order valence-electron chi connectivity index (χ4n) is 2.16. The van der Waals surface area contributed by atoms with Crippen molar-refractivity contribution in [1.82, 2.24) is 5.32 Å². The fourth-order valence-corrected chi connectivity index (χ4v) is 2.29. The van der Waals surface area contributed by atoms with Gasteiger partial charge in [0.05, 0.1) is 6.61 Å². The van der Waals surface area contributed by atoms with Gasteiger partial charge in [0.15, 0.2) is 0 Å². The van der Waals surface area contributed by atoms with Gasteiger partial charge in [-0.15, -0.1) is 0 Å². The molecule has 3 nitrogen and oxygen atoms in total. The first-order chi connectivity index (χ1) is 9.03. The van der Waals surface area contributed by atoms with Crippen molar-refractivity contribution in [2.75, 3.05) is 6.61 Å². The molecule has 1 saturated carbocycles. The number of carbonyl (C=O) groups excluding carboxylic acids is 1. The summed E-state index contributed by atoms with van der Waals surface area (Å²) < 4.78 is 5.20. The van der Waals surface area contributed by atoms with Crippen molar-refractivity contribution in [2.45, 2.75) is 44.7 Å². The molecule has 4 heteroatoms. The predicted molar refractivity (Wildman–Crippen MR) is 76.4 cm³/mol. The van der Waals surface area contributed by atoms with Crippen molar-refractivity contribution in [2.24, 2.45) is 0 Å². The number of benzene rings is 1. The molecule has 0 radical (unpaired) electrons. The molecule has 0 heterocycles. The van der Waals surface area contributed by atoms with Gasteiger partial charge in [-0.2, -0.15) is 0 Å². The van der Waals surface area contributed by atoms with E-state index in [9.17, 15) is 4.79 Å². The summed E-state index contributed by atoms with van der Waals surface area (Å²) in [6.07, 6.45) is 2.88. The van der Waals surface area contributed by atoms with Crippen LogP contribution < -0.4 is 5.32 Å². The zero-order valence-corrected chi connectivity index (χ0v) is 12.2. The number of nitrogens with one attached hydrogen (secondary N) is 1. The van der Waals surface area contributed by atoms with Crippen LogP contribution in [0, 0.1) is 0 Å². The Bertz CT molecular complexity index is 442. The molecule has 2 rings (SSSR count). The third-order valence-electron chi connectivity index (χ3n) is 3.30. The maximum absolute atomic E-state index is 12.2. The monoisotopic (exact) mass is 281 g/mol. The minimum Gasteiger partial charge on any atom is -0.465 e. The average Bonchev–Trinajstić information content (AvgIpc) is 3.16. The van der Waals surface area contributed by atoms with Crippen LogP contribution in [0.5, 0.6) is 0 Å². The van der Waals surface area contributed by atoms with Gasteiger partial charge in [0.1, 0.15) is 5.54 Å². The molecule has 0 aromatic heterocycles. The maximum atomic E-state index is 12.2. The van der Waals surface area contributed by atoms with Crippen LogP contribution in [0.3, 0.4) is 0 Å². The van der Waals surface area contributed by atoms with Crippen LogP contribution in [-0.4, -0.2) is 24.2 Å². The van der Waals surface area contributed by atoms with Gasteiger partial charge in [-0.05, 0) is 44.4 Å². The molecular formula is C15H20ClNO2. The summed E-state index contributed by atoms with van der Waals surface area (Å²) >= 11 is 5.88. The Kier molecular flexibility index (Phi) is 4.48. The topological polar surface area (TPSA) is 38.3 Å². The van der Waals surface area contributed by atoms with Crippen LogP contribution in [0.15, 0.2) is 24.3 Å². The minimum absolute atomic E-state index is 0.183. The molecule has 1 fully saturated rings. The van der Waals surface area contributed by atoms with Crippen LogP contribution in [0.25, 0.3) is 0 Å². The highest BCUT2D eigenvalue weighted by molar-refractivity contribution is 6.30. The zero-order chi connectivity index (χ0) is 13.9. The summed E-state index contributed by atoms with van der Waals surface area (Å²) in [5, 5.41) is 4.11. The first kappa shape index (κ1) is 14.4. The summed E-state index contributed by atoms with van der Waals surface area (Å²) in [5.41, 5.74) is 0.415. The molecule has 104 valence electrons. The predicted octanol–water partition coefficient (Wildman–Crippen LogP) is 2.96. The Balaban J connectivity index is 2.11. The van der Waals surface area contributed by atoms with Gasteiger partial charge in [-0.1, -0.05) is 23.7 Å². The lowest BCUT2D eigenvalue weighted by Gasteiger charge is -2.29. The molecular weight excluding hydrogens is 262 g/mol. The Morgan fingerprint density at radius 3 is 2.58 bits per heavy atom. The number of hydrogen-bond donors (Lipinski definition) is 1. The molecule has 1 N–H and O–H groups in total. The van der Waals surface area contributed by atoms with Crippen molar-refractivity contribution in [3.05, 3.63) is 34.9 Å². The third kappa shape index (κ3) is 3.95. The molecule has 1 aromatic carbocycles. The number of esters is 1. The molecule has 0 spiro atoms. The lowest BCUT2D eigenvalue weighted by Crippen LogP contribution is -2.53. The Labute approximate surface area is 119 Å². The number of carbonyl (C=O) groups is 1. The highest BCUT2D eigenvalue weighted by atomic mass is 35.5. The number of halogens is 1. The summed E-state index contributed by atoms with van der Waals surface area (Å²) in [4.78, 5) is 12.2. The Hall–Kier alpha value is -1.06. The summed E-state index contributed by atoms with van der Waals surface area (Å²) in [7, 11) is 0. The van der Waals surface area contributed by atoms with Crippen LogP contribution in [-0.2, 0) is 16.0 Å². The van der Waals surface area contributed by atoms with E-state index in [2.05, 4.69) is 5.32 Å². The molecule has 1 aromatic rings. The van der Waals surface area contributed by atoms with Crippen LogP contribution in [0.2, 0.25) is 5.02 Å². The minimum atomic E-state index is -0.662. The third-order valence-corrected chi connectivity index (χ3v) is 3.55. The van der Waals surface area contributed by atoms with E-state index in [0.717, 1.165) is 18.4 Å². The lowest BCUT2D eigenvalue weighted by atomic mass is 9.92. The van der Waals surface area contributed by atoms with Crippen molar-refractivity contribution in [3.63, 3.8) is 0 Å². The van der Waals surface area contributed by atoms with Gasteiger partial charge in [0.2, 0.25) is 0 Å². The molecule has 1 unspecified atom stereocenters. The molecule has 19 heavy (non-hydrogen) atoms.